The Morgan fingerprint density at radius 1 is 1.23 bits per heavy atom. The highest BCUT2D eigenvalue weighted by Gasteiger charge is 2.20. The first-order valence-electron chi connectivity index (χ1n) is 6.35. The number of carbonyl (C=O) groups excluding carboxylic acids is 1. The van der Waals surface area contributed by atoms with Gasteiger partial charge in [0.25, 0.3) is 0 Å². The monoisotopic (exact) mass is 362 g/mol. The molecule has 8 heteroatoms. The van der Waals surface area contributed by atoms with E-state index in [1.807, 2.05) is 0 Å². The van der Waals surface area contributed by atoms with Crippen LogP contribution in [0.1, 0.15) is 16.1 Å². The van der Waals surface area contributed by atoms with E-state index in [0.29, 0.717) is 21.5 Å². The Morgan fingerprint density at radius 2 is 1.86 bits per heavy atom. The lowest BCUT2D eigenvalue weighted by atomic mass is 10.3. The lowest BCUT2D eigenvalue weighted by molar-refractivity contribution is 0.0450. The first-order chi connectivity index (χ1) is 10.4. The quantitative estimate of drug-likeness (QED) is 0.597. The van der Waals surface area contributed by atoms with Crippen LogP contribution in [0.4, 0.5) is 0 Å². The number of hydrogen-bond acceptors (Lipinski definition) is 4. The molecule has 0 aliphatic rings. The van der Waals surface area contributed by atoms with Gasteiger partial charge in [-0.15, -0.1) is 0 Å². The van der Waals surface area contributed by atoms with Gasteiger partial charge in [-0.05, 0) is 19.1 Å². The van der Waals surface area contributed by atoms with Gasteiger partial charge in [0.1, 0.15) is 23.9 Å². The molecule has 1 aromatic heterocycles. The molecule has 0 aliphatic heterocycles. The minimum Gasteiger partial charge on any atom is -0.487 e. The van der Waals surface area contributed by atoms with Crippen LogP contribution in [-0.2, 0) is 11.8 Å². The highest BCUT2D eigenvalue weighted by molar-refractivity contribution is 6.37. The topological polar surface area (TPSA) is 53.4 Å². The first-order valence-corrected chi connectivity index (χ1v) is 7.48. The summed E-state index contributed by atoms with van der Waals surface area (Å²) in [6.45, 7) is 1.83. The van der Waals surface area contributed by atoms with E-state index in [1.165, 1.54) is 4.68 Å². The number of nitrogens with zero attached hydrogens (tertiary/aromatic N) is 2. The molecule has 0 amide bonds. The van der Waals surface area contributed by atoms with Crippen molar-refractivity contribution in [2.75, 3.05) is 13.2 Å². The Bertz CT molecular complexity index is 681. The number of halogens is 3. The van der Waals surface area contributed by atoms with Gasteiger partial charge in [-0.25, -0.2) is 4.79 Å². The number of rotatable bonds is 5. The second kappa shape index (κ2) is 7.22. The van der Waals surface area contributed by atoms with E-state index in [9.17, 15) is 4.79 Å². The van der Waals surface area contributed by atoms with Gasteiger partial charge in [-0.1, -0.05) is 40.9 Å². The molecule has 0 spiro atoms. The summed E-state index contributed by atoms with van der Waals surface area (Å²) in [7, 11) is 1.65. The van der Waals surface area contributed by atoms with Crippen molar-refractivity contribution < 1.29 is 14.3 Å². The largest absolute Gasteiger partial charge is 0.487 e. The van der Waals surface area contributed by atoms with Crippen LogP contribution < -0.4 is 4.74 Å². The zero-order valence-electron chi connectivity index (χ0n) is 11.9. The fourth-order valence-electron chi connectivity index (χ4n) is 1.83. The molecule has 0 N–H and O–H groups in total. The smallest absolute Gasteiger partial charge is 0.343 e. The summed E-state index contributed by atoms with van der Waals surface area (Å²) >= 11 is 17.9. The maximum absolute atomic E-state index is 12.0. The maximum Gasteiger partial charge on any atom is 0.343 e. The van der Waals surface area contributed by atoms with Crippen LogP contribution in [0.3, 0.4) is 0 Å². The molecule has 118 valence electrons. The lowest BCUT2D eigenvalue weighted by Crippen LogP contribution is -2.13. The summed E-state index contributed by atoms with van der Waals surface area (Å²) in [4.78, 5) is 12.0. The minimum atomic E-state index is -0.551. The van der Waals surface area contributed by atoms with E-state index < -0.39 is 5.97 Å². The van der Waals surface area contributed by atoms with Crippen molar-refractivity contribution in [3.8, 4) is 5.75 Å². The van der Waals surface area contributed by atoms with Gasteiger partial charge in [0, 0.05) is 7.05 Å². The van der Waals surface area contributed by atoms with Crippen molar-refractivity contribution >= 4 is 40.8 Å². The summed E-state index contributed by atoms with van der Waals surface area (Å²) < 4.78 is 12.0. The van der Waals surface area contributed by atoms with Gasteiger partial charge in [-0.2, -0.15) is 5.10 Å². The van der Waals surface area contributed by atoms with Gasteiger partial charge >= 0.3 is 5.97 Å². The molecule has 0 fully saturated rings. The molecule has 1 aromatic carbocycles. The van der Waals surface area contributed by atoms with E-state index in [0.717, 1.165) is 0 Å². The molecule has 0 aliphatic carbocycles. The Kier molecular flexibility index (Phi) is 5.56. The zero-order valence-corrected chi connectivity index (χ0v) is 14.2. The van der Waals surface area contributed by atoms with Gasteiger partial charge in [0.2, 0.25) is 0 Å². The minimum absolute atomic E-state index is 0.0328. The highest BCUT2D eigenvalue weighted by Crippen LogP contribution is 2.32. The van der Waals surface area contributed by atoms with E-state index in [1.54, 1.807) is 32.2 Å². The zero-order chi connectivity index (χ0) is 16.3. The van der Waals surface area contributed by atoms with E-state index in [2.05, 4.69) is 5.10 Å². The fraction of sp³-hybridized carbons (Fsp3) is 0.286. The normalized spacial score (nSPS) is 10.6. The number of benzene rings is 1. The number of aromatic nitrogens is 2. The van der Waals surface area contributed by atoms with Gasteiger partial charge < -0.3 is 9.47 Å². The molecule has 0 saturated heterocycles. The van der Waals surface area contributed by atoms with Crippen LogP contribution in [0.5, 0.6) is 5.75 Å². The molecule has 2 rings (SSSR count). The molecule has 1 heterocycles. The third-order valence-electron chi connectivity index (χ3n) is 2.84. The predicted molar refractivity (Wildman–Crippen MR) is 85.2 cm³/mol. The Labute approximate surface area is 142 Å². The van der Waals surface area contributed by atoms with Crippen LogP contribution in [-0.4, -0.2) is 29.0 Å². The first kappa shape index (κ1) is 16.9. The fourth-order valence-corrected chi connectivity index (χ4v) is 2.59. The van der Waals surface area contributed by atoms with Crippen LogP contribution >= 0.6 is 34.8 Å². The molecule has 2 aromatic rings. The lowest BCUT2D eigenvalue weighted by Gasteiger charge is -2.10. The highest BCUT2D eigenvalue weighted by atomic mass is 35.5. The summed E-state index contributed by atoms with van der Waals surface area (Å²) in [6, 6.07) is 5.03. The van der Waals surface area contributed by atoms with Crippen LogP contribution in [0.25, 0.3) is 0 Å². The average molecular weight is 364 g/mol. The molecular weight excluding hydrogens is 351 g/mol. The number of esters is 1. The van der Waals surface area contributed by atoms with Crippen LogP contribution in [0, 0.1) is 6.92 Å². The third-order valence-corrected chi connectivity index (χ3v) is 3.87. The number of para-hydroxylation sites is 1. The predicted octanol–water partition coefficient (Wildman–Crippen LogP) is 3.92. The summed E-state index contributed by atoms with van der Waals surface area (Å²) in [5.41, 5.74) is 0.757. The van der Waals surface area contributed by atoms with Crippen molar-refractivity contribution in [2.24, 2.45) is 7.05 Å². The number of carbonyl (C=O) groups is 1. The molecule has 0 saturated carbocycles. The molecule has 5 nitrogen and oxygen atoms in total. The van der Waals surface area contributed by atoms with E-state index in [-0.39, 0.29) is 23.9 Å². The third kappa shape index (κ3) is 3.66. The number of ether oxygens (including phenoxy) is 2. The molecule has 0 radical (unpaired) electrons. The van der Waals surface area contributed by atoms with Gasteiger partial charge in [0.05, 0.1) is 15.7 Å². The number of aryl methyl sites for hydroxylation is 2. The Balaban J connectivity index is 1.90. The summed E-state index contributed by atoms with van der Waals surface area (Å²) in [6.07, 6.45) is 0. The standard InChI is InChI=1S/C14H13Cl3N2O3/c1-8-11(13(17)19(2)18-8)14(20)22-7-6-21-12-9(15)4-3-5-10(12)16/h3-5H,6-7H2,1-2H3. The van der Waals surface area contributed by atoms with Gasteiger partial charge in [0.15, 0.2) is 5.75 Å². The van der Waals surface area contributed by atoms with E-state index in [4.69, 9.17) is 44.3 Å². The average Bonchev–Trinajstić information content (AvgIpc) is 2.70. The van der Waals surface area contributed by atoms with Crippen molar-refractivity contribution in [3.05, 3.63) is 44.7 Å². The molecule has 0 unspecified atom stereocenters. The van der Waals surface area contributed by atoms with Crippen molar-refractivity contribution in [2.45, 2.75) is 6.92 Å². The summed E-state index contributed by atoms with van der Waals surface area (Å²) in [5, 5.41) is 5.07. The maximum atomic E-state index is 12.0. The van der Waals surface area contributed by atoms with Gasteiger partial charge in [-0.3, -0.25) is 4.68 Å². The Hall–Kier alpha value is -1.43. The van der Waals surface area contributed by atoms with Crippen LogP contribution in [0.2, 0.25) is 15.2 Å². The van der Waals surface area contributed by atoms with E-state index >= 15 is 0 Å². The second-order valence-electron chi connectivity index (χ2n) is 4.41. The Morgan fingerprint density at radius 3 is 2.41 bits per heavy atom. The number of hydrogen-bond donors (Lipinski definition) is 0. The van der Waals surface area contributed by atoms with Crippen molar-refractivity contribution in [1.82, 2.24) is 9.78 Å². The summed E-state index contributed by atoms with van der Waals surface area (Å²) in [5.74, 6) is -0.193. The molecular formula is C14H13Cl3N2O3. The molecule has 22 heavy (non-hydrogen) atoms. The second-order valence-corrected chi connectivity index (χ2v) is 5.58. The SMILES string of the molecule is Cc1nn(C)c(Cl)c1C(=O)OCCOc1c(Cl)cccc1Cl. The van der Waals surface area contributed by atoms with Crippen LogP contribution in [0.15, 0.2) is 18.2 Å². The van der Waals surface area contributed by atoms with Crippen molar-refractivity contribution in [3.63, 3.8) is 0 Å². The molecule has 0 bridgehead atoms. The van der Waals surface area contributed by atoms with Crippen molar-refractivity contribution in [1.29, 1.82) is 0 Å². The molecule has 0 atom stereocenters.